The maximum Gasteiger partial charge on any atom is 0.339 e. The molecule has 2 aromatic heterocycles. The molecule has 0 radical (unpaired) electrons. The molecular weight excluding hydrogens is 340 g/mol. The molecule has 124 valence electrons. The molecular formula is C14H16N2O5S2. The van der Waals surface area contributed by atoms with Crippen LogP contribution in [0.3, 0.4) is 0 Å². The Balaban J connectivity index is 2.45. The van der Waals surface area contributed by atoms with Crippen LogP contribution in [-0.2, 0) is 20.3 Å². The number of rotatable bonds is 5. The van der Waals surface area contributed by atoms with Gasteiger partial charge in [0.2, 0.25) is 0 Å². The maximum atomic E-state index is 12.1. The first-order chi connectivity index (χ1) is 10.7. The Hall–Kier alpha value is -2.00. The summed E-state index contributed by atoms with van der Waals surface area (Å²) >= 11 is 1.15. The zero-order valence-corrected chi connectivity index (χ0v) is 14.5. The summed E-state index contributed by atoms with van der Waals surface area (Å²) in [6, 6.07) is 1.42. The minimum atomic E-state index is -3.20. The van der Waals surface area contributed by atoms with Gasteiger partial charge in [0.05, 0.1) is 23.4 Å². The second-order valence-electron chi connectivity index (χ2n) is 4.97. The summed E-state index contributed by atoms with van der Waals surface area (Å²) in [6.07, 6.45) is 1.12. The van der Waals surface area contributed by atoms with Crippen LogP contribution in [0, 0.1) is 6.92 Å². The molecule has 2 rings (SSSR count). The molecule has 0 saturated heterocycles. The van der Waals surface area contributed by atoms with Crippen LogP contribution >= 0.6 is 11.3 Å². The van der Waals surface area contributed by atoms with Crippen molar-refractivity contribution in [2.45, 2.75) is 19.6 Å². The SMILES string of the molecule is CCOC(=O)c1cc(-c2csc(CS(C)(=O)=O)n2)c(=O)[nH]c1C. The Bertz CT molecular complexity index is 896. The number of nitrogens with one attached hydrogen (secondary N) is 1. The van der Waals surface area contributed by atoms with E-state index in [-0.39, 0.29) is 23.5 Å². The lowest BCUT2D eigenvalue weighted by atomic mass is 10.1. The average molecular weight is 356 g/mol. The van der Waals surface area contributed by atoms with Gasteiger partial charge in [-0.15, -0.1) is 11.3 Å². The van der Waals surface area contributed by atoms with Gasteiger partial charge in [0.15, 0.2) is 9.84 Å². The average Bonchev–Trinajstić information content (AvgIpc) is 2.84. The van der Waals surface area contributed by atoms with Crippen LogP contribution in [0.25, 0.3) is 11.3 Å². The summed E-state index contributed by atoms with van der Waals surface area (Å²) in [6.45, 7) is 3.52. The predicted octanol–water partition coefficient (Wildman–Crippen LogP) is 1.53. The third kappa shape index (κ3) is 4.26. The first kappa shape index (κ1) is 17.4. The van der Waals surface area contributed by atoms with Crippen LogP contribution in [0.2, 0.25) is 0 Å². The number of aryl methyl sites for hydroxylation is 1. The van der Waals surface area contributed by atoms with Crippen molar-refractivity contribution in [3.05, 3.63) is 38.1 Å². The molecule has 1 N–H and O–H groups in total. The number of aromatic nitrogens is 2. The fraction of sp³-hybridized carbons (Fsp3) is 0.357. The Morgan fingerprint density at radius 1 is 1.43 bits per heavy atom. The second-order valence-corrected chi connectivity index (χ2v) is 8.05. The highest BCUT2D eigenvalue weighted by molar-refractivity contribution is 7.90. The van der Waals surface area contributed by atoms with E-state index in [9.17, 15) is 18.0 Å². The number of hydrogen-bond donors (Lipinski definition) is 1. The molecule has 0 spiro atoms. The van der Waals surface area contributed by atoms with Crippen molar-refractivity contribution in [2.75, 3.05) is 12.9 Å². The van der Waals surface area contributed by atoms with Crippen molar-refractivity contribution < 1.29 is 17.9 Å². The van der Waals surface area contributed by atoms with Gasteiger partial charge in [-0.05, 0) is 19.9 Å². The van der Waals surface area contributed by atoms with Crippen molar-refractivity contribution >= 4 is 27.1 Å². The largest absolute Gasteiger partial charge is 0.462 e. The van der Waals surface area contributed by atoms with Crippen LogP contribution in [0.1, 0.15) is 28.0 Å². The summed E-state index contributed by atoms with van der Waals surface area (Å²) in [4.78, 5) is 30.8. The molecule has 0 atom stereocenters. The summed E-state index contributed by atoms with van der Waals surface area (Å²) in [7, 11) is -3.20. The standard InChI is InChI=1S/C14H16N2O5S2/c1-4-21-14(18)9-5-10(13(17)15-8(9)2)11-6-22-12(16-11)7-23(3,19)20/h5-6H,4,7H2,1-3H3,(H,15,17). The van der Waals surface area contributed by atoms with Gasteiger partial charge in [0.1, 0.15) is 10.8 Å². The van der Waals surface area contributed by atoms with Gasteiger partial charge in [-0.25, -0.2) is 18.2 Å². The van der Waals surface area contributed by atoms with E-state index in [1.165, 1.54) is 6.07 Å². The molecule has 7 nitrogen and oxygen atoms in total. The van der Waals surface area contributed by atoms with Gasteiger partial charge in [-0.1, -0.05) is 0 Å². The van der Waals surface area contributed by atoms with E-state index in [1.54, 1.807) is 19.2 Å². The molecule has 2 aromatic rings. The zero-order valence-electron chi connectivity index (χ0n) is 12.9. The summed E-state index contributed by atoms with van der Waals surface area (Å²) < 4.78 is 27.6. The van der Waals surface area contributed by atoms with Crippen molar-refractivity contribution in [3.63, 3.8) is 0 Å². The summed E-state index contributed by atoms with van der Waals surface area (Å²) in [5.74, 6) is -0.722. The number of carbonyl (C=O) groups is 1. The van der Waals surface area contributed by atoms with E-state index in [0.29, 0.717) is 16.4 Å². The first-order valence-electron chi connectivity index (χ1n) is 6.75. The molecule has 9 heteroatoms. The molecule has 0 aliphatic heterocycles. The number of pyridine rings is 1. The van der Waals surface area contributed by atoms with Crippen LogP contribution in [-0.4, -0.2) is 37.2 Å². The fourth-order valence-electron chi connectivity index (χ4n) is 1.96. The molecule has 0 aliphatic carbocycles. The van der Waals surface area contributed by atoms with E-state index in [4.69, 9.17) is 4.74 Å². The molecule has 0 unspecified atom stereocenters. The van der Waals surface area contributed by atoms with Crippen molar-refractivity contribution in [2.24, 2.45) is 0 Å². The first-order valence-corrected chi connectivity index (χ1v) is 9.69. The molecule has 0 saturated carbocycles. The van der Waals surface area contributed by atoms with Crippen molar-refractivity contribution in [3.8, 4) is 11.3 Å². The highest BCUT2D eigenvalue weighted by Crippen LogP contribution is 2.22. The van der Waals surface area contributed by atoms with Crippen LogP contribution in [0.4, 0.5) is 0 Å². The second kappa shape index (κ2) is 6.63. The number of H-pyrrole nitrogens is 1. The highest BCUT2D eigenvalue weighted by atomic mass is 32.2. The third-order valence-corrected chi connectivity index (χ3v) is 4.78. The lowest BCUT2D eigenvalue weighted by molar-refractivity contribution is 0.0525. The van der Waals surface area contributed by atoms with Crippen molar-refractivity contribution in [1.82, 2.24) is 9.97 Å². The minimum absolute atomic E-state index is 0.188. The van der Waals surface area contributed by atoms with Crippen LogP contribution in [0.15, 0.2) is 16.2 Å². The topological polar surface area (TPSA) is 106 Å². The van der Waals surface area contributed by atoms with E-state index in [2.05, 4.69) is 9.97 Å². The van der Waals surface area contributed by atoms with Crippen molar-refractivity contribution in [1.29, 1.82) is 0 Å². The van der Waals surface area contributed by atoms with Crippen LogP contribution in [0.5, 0.6) is 0 Å². The molecule has 0 aliphatic rings. The lowest BCUT2D eigenvalue weighted by Crippen LogP contribution is -2.16. The molecule has 0 fully saturated rings. The van der Waals surface area contributed by atoms with Gasteiger partial charge in [-0.3, -0.25) is 4.79 Å². The number of nitrogens with zero attached hydrogens (tertiary/aromatic N) is 1. The quantitative estimate of drug-likeness (QED) is 0.814. The highest BCUT2D eigenvalue weighted by Gasteiger charge is 2.17. The summed E-state index contributed by atoms with van der Waals surface area (Å²) in [5, 5.41) is 1.98. The van der Waals surface area contributed by atoms with Gasteiger partial charge in [0.25, 0.3) is 5.56 Å². The Morgan fingerprint density at radius 3 is 2.74 bits per heavy atom. The van der Waals surface area contributed by atoms with Gasteiger partial charge in [-0.2, -0.15) is 0 Å². The number of ether oxygens (including phenoxy) is 1. The number of thiazole rings is 1. The smallest absolute Gasteiger partial charge is 0.339 e. The van der Waals surface area contributed by atoms with E-state index in [1.807, 2.05) is 0 Å². The van der Waals surface area contributed by atoms with Gasteiger partial charge in [0, 0.05) is 17.3 Å². The number of hydrogen-bond acceptors (Lipinski definition) is 7. The third-order valence-electron chi connectivity index (χ3n) is 2.95. The monoisotopic (exact) mass is 356 g/mol. The van der Waals surface area contributed by atoms with E-state index in [0.717, 1.165) is 17.6 Å². The minimum Gasteiger partial charge on any atom is -0.462 e. The van der Waals surface area contributed by atoms with E-state index < -0.39 is 21.4 Å². The number of aromatic amines is 1. The Kier molecular flexibility index (Phi) is 5.00. The molecule has 23 heavy (non-hydrogen) atoms. The molecule has 2 heterocycles. The molecule has 0 amide bonds. The van der Waals surface area contributed by atoms with Gasteiger partial charge >= 0.3 is 5.97 Å². The molecule has 0 bridgehead atoms. The maximum absolute atomic E-state index is 12.1. The normalized spacial score (nSPS) is 11.4. The fourth-order valence-corrected chi connectivity index (χ4v) is 3.97. The zero-order chi connectivity index (χ0) is 17.2. The number of sulfone groups is 1. The Morgan fingerprint density at radius 2 is 2.13 bits per heavy atom. The predicted molar refractivity (Wildman–Crippen MR) is 87.4 cm³/mol. The number of esters is 1. The Labute approximate surface area is 137 Å². The lowest BCUT2D eigenvalue weighted by Gasteiger charge is -2.06. The molecule has 0 aromatic carbocycles. The summed E-state index contributed by atoms with van der Waals surface area (Å²) in [5.41, 5.74) is 0.796. The van der Waals surface area contributed by atoms with E-state index >= 15 is 0 Å². The number of carbonyl (C=O) groups excluding carboxylic acids is 1. The van der Waals surface area contributed by atoms with Gasteiger partial charge < -0.3 is 9.72 Å². The van der Waals surface area contributed by atoms with Crippen LogP contribution < -0.4 is 5.56 Å².